The Balaban J connectivity index is 1.43. The second-order valence-electron chi connectivity index (χ2n) is 6.33. The van der Waals surface area contributed by atoms with Crippen LogP contribution in [0.25, 0.3) is 21.3 Å². The molecule has 4 aromatic rings. The summed E-state index contributed by atoms with van der Waals surface area (Å²) in [5.74, 6) is -1.14. The number of thiophene rings is 1. The molecule has 0 saturated carbocycles. The van der Waals surface area contributed by atoms with Crippen LogP contribution in [-0.2, 0) is 9.53 Å². The van der Waals surface area contributed by atoms with Crippen LogP contribution < -0.4 is 5.32 Å². The van der Waals surface area contributed by atoms with E-state index >= 15 is 0 Å². The highest BCUT2D eigenvalue weighted by molar-refractivity contribution is 7.21. The number of hydrogen-bond acceptors (Lipinski definition) is 6. The van der Waals surface area contributed by atoms with Gasteiger partial charge in [0.25, 0.3) is 5.91 Å². The highest BCUT2D eigenvalue weighted by Crippen LogP contribution is 2.37. The maximum atomic E-state index is 12.6. The third-order valence-corrected chi connectivity index (χ3v) is 6.86. The molecule has 0 bridgehead atoms. The van der Waals surface area contributed by atoms with E-state index in [0.29, 0.717) is 15.5 Å². The minimum absolute atomic E-state index is 0.231. The van der Waals surface area contributed by atoms with Crippen molar-refractivity contribution >= 4 is 73.0 Å². The number of anilines is 1. The summed E-state index contributed by atoms with van der Waals surface area (Å²) in [5, 5.41) is 6.51. The van der Waals surface area contributed by atoms with Crippen molar-refractivity contribution in [2.75, 3.05) is 5.32 Å². The molecule has 1 atom stereocenters. The average Bonchev–Trinajstić information content (AvgIpc) is 3.33. The maximum absolute atomic E-state index is 12.6. The molecule has 0 saturated heterocycles. The Bertz CT molecular complexity index is 1240. The predicted octanol–water partition coefficient (Wildman–Crippen LogP) is 6.52. The van der Waals surface area contributed by atoms with Gasteiger partial charge in [0.2, 0.25) is 0 Å². The lowest BCUT2D eigenvalue weighted by Crippen LogP contribution is -2.29. The summed E-state index contributed by atoms with van der Waals surface area (Å²) >= 11 is 14.8. The van der Waals surface area contributed by atoms with Gasteiger partial charge < -0.3 is 4.74 Å². The van der Waals surface area contributed by atoms with E-state index in [4.69, 9.17) is 27.9 Å². The molecule has 2 heterocycles. The van der Waals surface area contributed by atoms with Crippen molar-refractivity contribution in [1.29, 1.82) is 0 Å². The van der Waals surface area contributed by atoms with Crippen molar-refractivity contribution in [2.24, 2.45) is 0 Å². The van der Waals surface area contributed by atoms with E-state index in [1.54, 1.807) is 18.2 Å². The number of rotatable bonds is 5. The molecule has 9 heteroatoms. The van der Waals surface area contributed by atoms with E-state index in [1.807, 2.05) is 35.7 Å². The van der Waals surface area contributed by atoms with Crippen molar-refractivity contribution in [3.8, 4) is 11.3 Å². The largest absolute Gasteiger partial charge is 0.448 e. The molecular weight excluding hydrogens is 463 g/mol. The summed E-state index contributed by atoms with van der Waals surface area (Å²) in [4.78, 5) is 29.6. The number of carbonyl (C=O) groups is 2. The number of aromatic nitrogens is 1. The zero-order valence-corrected chi connectivity index (χ0v) is 18.7. The van der Waals surface area contributed by atoms with Gasteiger partial charge in [-0.15, -0.1) is 22.7 Å². The molecular formula is C21H14Cl2N2O3S2. The first-order chi connectivity index (χ1) is 14.4. The van der Waals surface area contributed by atoms with Crippen LogP contribution in [0.1, 0.15) is 16.6 Å². The molecule has 30 heavy (non-hydrogen) atoms. The molecule has 1 N–H and O–H groups in total. The molecule has 5 nitrogen and oxygen atoms in total. The van der Waals surface area contributed by atoms with Gasteiger partial charge in [-0.25, -0.2) is 9.78 Å². The number of halogens is 2. The maximum Gasteiger partial charge on any atom is 0.350 e. The third-order valence-electron chi connectivity index (χ3n) is 4.23. The molecule has 152 valence electrons. The number of fused-ring (bicyclic) bond motifs is 1. The van der Waals surface area contributed by atoms with Crippen LogP contribution in [0, 0.1) is 0 Å². The number of hydrogen-bond donors (Lipinski definition) is 1. The lowest BCUT2D eigenvalue weighted by molar-refractivity contribution is -0.123. The van der Waals surface area contributed by atoms with Gasteiger partial charge in [0.15, 0.2) is 11.2 Å². The molecule has 0 fully saturated rings. The Labute approximate surface area is 190 Å². The van der Waals surface area contributed by atoms with Gasteiger partial charge in [-0.3, -0.25) is 10.1 Å². The summed E-state index contributed by atoms with van der Waals surface area (Å²) < 4.78 is 6.09. The van der Waals surface area contributed by atoms with Crippen LogP contribution in [0.5, 0.6) is 0 Å². The summed E-state index contributed by atoms with van der Waals surface area (Å²) in [5.41, 5.74) is 1.71. The van der Waals surface area contributed by atoms with Crippen LogP contribution >= 0.6 is 45.9 Å². The fourth-order valence-electron chi connectivity index (χ4n) is 2.72. The summed E-state index contributed by atoms with van der Waals surface area (Å²) in [6.07, 6.45) is -1.02. The summed E-state index contributed by atoms with van der Waals surface area (Å²) in [6.45, 7) is 1.50. The van der Waals surface area contributed by atoms with E-state index in [-0.39, 0.29) is 9.90 Å². The standard InChI is InChI=1S/C21H14Cl2N2O3S2/c1-11(19(26)25-21-24-15(10-29-21)12-5-3-2-4-6-12)28-20(27)18-17(23)14-8-7-13(22)9-16(14)30-18/h2-11H,1H3,(H,24,25,26). The van der Waals surface area contributed by atoms with Gasteiger partial charge in [0.1, 0.15) is 4.88 Å². The van der Waals surface area contributed by atoms with Crippen molar-refractivity contribution < 1.29 is 14.3 Å². The van der Waals surface area contributed by atoms with Crippen molar-refractivity contribution in [2.45, 2.75) is 13.0 Å². The van der Waals surface area contributed by atoms with Crippen molar-refractivity contribution in [3.63, 3.8) is 0 Å². The monoisotopic (exact) mass is 476 g/mol. The van der Waals surface area contributed by atoms with E-state index in [1.165, 1.54) is 29.6 Å². The van der Waals surface area contributed by atoms with Gasteiger partial charge in [-0.05, 0) is 19.1 Å². The molecule has 0 aliphatic carbocycles. The van der Waals surface area contributed by atoms with Crippen molar-refractivity contribution in [1.82, 2.24) is 4.98 Å². The Morgan fingerprint density at radius 2 is 1.90 bits per heavy atom. The minimum Gasteiger partial charge on any atom is -0.448 e. The lowest BCUT2D eigenvalue weighted by Gasteiger charge is -2.11. The highest BCUT2D eigenvalue weighted by atomic mass is 35.5. The number of carbonyl (C=O) groups excluding carboxylic acids is 2. The SMILES string of the molecule is CC(OC(=O)c1sc2cc(Cl)ccc2c1Cl)C(=O)Nc1nc(-c2ccccc2)cs1. The fourth-order valence-corrected chi connectivity index (χ4v) is 5.11. The molecule has 2 aromatic heterocycles. The first-order valence-corrected chi connectivity index (χ1v) is 11.3. The van der Waals surface area contributed by atoms with Gasteiger partial charge in [0.05, 0.1) is 10.7 Å². The smallest absolute Gasteiger partial charge is 0.350 e. The van der Waals surface area contributed by atoms with Crippen LogP contribution in [0.15, 0.2) is 53.9 Å². The number of thiazole rings is 1. The number of esters is 1. The molecule has 0 radical (unpaired) electrons. The van der Waals surface area contributed by atoms with E-state index < -0.39 is 18.0 Å². The minimum atomic E-state index is -1.02. The van der Waals surface area contributed by atoms with Gasteiger partial charge in [-0.2, -0.15) is 0 Å². The van der Waals surface area contributed by atoms with Gasteiger partial charge >= 0.3 is 5.97 Å². The Kier molecular flexibility index (Phi) is 6.06. The lowest BCUT2D eigenvalue weighted by atomic mass is 10.2. The number of nitrogens with zero attached hydrogens (tertiary/aromatic N) is 1. The Morgan fingerprint density at radius 1 is 1.13 bits per heavy atom. The zero-order valence-electron chi connectivity index (χ0n) is 15.5. The Hall–Kier alpha value is -2.45. The molecule has 2 aromatic carbocycles. The molecule has 4 rings (SSSR count). The third kappa shape index (κ3) is 4.34. The normalized spacial score (nSPS) is 12.0. The van der Waals surface area contributed by atoms with Gasteiger partial charge in [0, 0.05) is 26.1 Å². The number of nitrogens with one attached hydrogen (secondary N) is 1. The second-order valence-corrected chi connectivity index (χ2v) is 9.05. The number of benzene rings is 2. The van der Waals surface area contributed by atoms with Crippen LogP contribution in [0.4, 0.5) is 5.13 Å². The summed E-state index contributed by atoms with van der Waals surface area (Å²) in [6, 6.07) is 14.8. The highest BCUT2D eigenvalue weighted by Gasteiger charge is 2.24. The zero-order chi connectivity index (χ0) is 21.3. The molecule has 1 amide bonds. The second kappa shape index (κ2) is 8.73. The van der Waals surface area contributed by atoms with Crippen LogP contribution in [0.3, 0.4) is 0 Å². The topological polar surface area (TPSA) is 68.3 Å². The van der Waals surface area contributed by atoms with E-state index in [2.05, 4.69) is 10.3 Å². The predicted molar refractivity (Wildman–Crippen MR) is 123 cm³/mol. The first-order valence-electron chi connectivity index (χ1n) is 8.82. The molecule has 0 aliphatic heterocycles. The first kappa shape index (κ1) is 20.8. The fraction of sp³-hybridized carbons (Fsp3) is 0.0952. The van der Waals surface area contributed by atoms with E-state index in [0.717, 1.165) is 16.0 Å². The summed E-state index contributed by atoms with van der Waals surface area (Å²) in [7, 11) is 0. The van der Waals surface area contributed by atoms with Crippen molar-refractivity contribution in [3.05, 3.63) is 68.8 Å². The van der Waals surface area contributed by atoms with E-state index in [9.17, 15) is 9.59 Å². The molecule has 0 spiro atoms. The Morgan fingerprint density at radius 3 is 2.67 bits per heavy atom. The number of ether oxygens (including phenoxy) is 1. The quantitative estimate of drug-likeness (QED) is 0.333. The average molecular weight is 477 g/mol. The number of amides is 1. The van der Waals surface area contributed by atoms with Gasteiger partial charge in [-0.1, -0.05) is 59.6 Å². The van der Waals surface area contributed by atoms with Crippen LogP contribution in [-0.4, -0.2) is 23.0 Å². The molecule has 0 aliphatic rings. The molecule has 1 unspecified atom stereocenters. The van der Waals surface area contributed by atoms with Crippen LogP contribution in [0.2, 0.25) is 10.0 Å².